The highest BCUT2D eigenvalue weighted by molar-refractivity contribution is 7.86. The minimum Gasteiger partial charge on any atom is -0.456 e. The molecule has 7 N–H and O–H groups in total. The molecule has 342 valence electrons. The van der Waals surface area contributed by atoms with E-state index in [-0.39, 0.29) is 67.3 Å². The second-order valence-electron chi connectivity index (χ2n) is 15.4. The van der Waals surface area contributed by atoms with Gasteiger partial charge in [0.2, 0.25) is 0 Å². The summed E-state index contributed by atoms with van der Waals surface area (Å²) in [5.41, 5.74) is 3.40. The van der Waals surface area contributed by atoms with Gasteiger partial charge in [0.1, 0.15) is 26.0 Å². The lowest BCUT2D eigenvalue weighted by Gasteiger charge is -2.22. The lowest BCUT2D eigenvalue weighted by atomic mass is 9.93. The molecule has 0 saturated carbocycles. The van der Waals surface area contributed by atoms with Crippen LogP contribution >= 0.6 is 0 Å². The van der Waals surface area contributed by atoms with Crippen molar-refractivity contribution in [2.45, 2.75) is 56.2 Å². The van der Waals surface area contributed by atoms with Crippen molar-refractivity contribution in [1.82, 2.24) is 5.32 Å². The first-order chi connectivity index (χ1) is 30.9. The van der Waals surface area contributed by atoms with Crippen LogP contribution in [0.25, 0.3) is 33.4 Å². The van der Waals surface area contributed by atoms with E-state index < -0.39 is 57.0 Å². The predicted octanol–water partition coefficient (Wildman–Crippen LogP) is 8.77. The van der Waals surface area contributed by atoms with Gasteiger partial charge in [-0.05, 0) is 117 Å². The Balaban J connectivity index is 1.48. The number of nitrogens with one attached hydrogen (secondary N) is 4. The Morgan fingerprint density at radius 1 is 0.591 bits per heavy atom. The zero-order chi connectivity index (χ0) is 48.2. The quantitative estimate of drug-likeness (QED) is 0.0500. The van der Waals surface area contributed by atoms with E-state index in [4.69, 9.17) is 9.41 Å². The fourth-order valence-corrected chi connectivity index (χ4v) is 11.0. The molecule has 0 bridgehead atoms. The monoisotopic (exact) mass is 953 g/mol. The Bertz CT molecular complexity index is 3570. The van der Waals surface area contributed by atoms with Gasteiger partial charge in [0.05, 0.1) is 22.4 Å². The number of urea groups is 1. The summed E-state index contributed by atoms with van der Waals surface area (Å²) in [6, 6.07) is 22.9. The van der Waals surface area contributed by atoms with Crippen LogP contribution in [0.4, 0.5) is 33.2 Å². The van der Waals surface area contributed by atoms with Crippen molar-refractivity contribution in [3.63, 3.8) is 0 Å². The van der Waals surface area contributed by atoms with Gasteiger partial charge in [-0.15, -0.1) is 0 Å². The van der Waals surface area contributed by atoms with Crippen molar-refractivity contribution in [1.29, 1.82) is 0 Å². The first-order valence-corrected chi connectivity index (χ1v) is 24.2. The number of rotatable bonds is 10. The maximum Gasteiger partial charge on any atom is 0.318 e. The van der Waals surface area contributed by atoms with E-state index >= 15 is 0 Å². The molecule has 0 aromatic heterocycles. The van der Waals surface area contributed by atoms with Crippen LogP contribution in [0.15, 0.2) is 115 Å². The molecule has 20 heteroatoms. The zero-order valence-electron chi connectivity index (χ0n) is 36.3. The molecule has 0 saturated heterocycles. The first kappa shape index (κ1) is 47.0. The average molecular weight is 954 g/mol. The molecule has 66 heavy (non-hydrogen) atoms. The number of fused-ring (bicyclic) bond motifs is 2. The molecule has 0 fully saturated rings. The molecule has 7 rings (SSSR count). The van der Waals surface area contributed by atoms with Gasteiger partial charge in [-0.25, -0.2) is 9.79 Å². The molecule has 0 spiro atoms. The van der Waals surface area contributed by atoms with Gasteiger partial charge in [0.25, 0.3) is 36.3 Å². The number of hydrogen-bond acceptors (Lipinski definition) is 11. The summed E-state index contributed by atoms with van der Waals surface area (Å²) in [6.45, 7) is 9.14. The van der Waals surface area contributed by atoms with Crippen LogP contribution in [0.1, 0.15) is 43.7 Å². The fraction of sp³-hybridized carbons (Fsp3) is 0.152. The van der Waals surface area contributed by atoms with Crippen LogP contribution in [-0.2, 0) is 30.4 Å². The average Bonchev–Trinajstić information content (AvgIpc) is 3.24. The molecule has 1 aliphatic heterocycles. The fourth-order valence-electron chi connectivity index (χ4n) is 8.32. The summed E-state index contributed by atoms with van der Waals surface area (Å²) in [7, 11) is -13.1. The topological polar surface area (TPSA) is 271 Å². The second-order valence-corrected chi connectivity index (χ2v) is 19.5. The van der Waals surface area contributed by atoms with Crippen LogP contribution in [0.2, 0.25) is 0 Å². The van der Waals surface area contributed by atoms with Crippen LogP contribution in [-0.4, -0.2) is 57.9 Å². The summed E-state index contributed by atoms with van der Waals surface area (Å²) in [6.07, 6.45) is 0. The third kappa shape index (κ3) is 8.89. The van der Waals surface area contributed by atoms with Crippen LogP contribution in [0.5, 0.6) is 0 Å². The van der Waals surface area contributed by atoms with Crippen molar-refractivity contribution >= 4 is 81.7 Å². The number of anilines is 4. The van der Waals surface area contributed by atoms with E-state index in [2.05, 4.69) is 21.3 Å². The first-order valence-electron chi connectivity index (χ1n) is 19.9. The highest BCUT2D eigenvalue weighted by Gasteiger charge is 2.29. The van der Waals surface area contributed by atoms with E-state index in [0.29, 0.717) is 38.9 Å². The minimum absolute atomic E-state index is 0.0893. The molecule has 1 heterocycles. The van der Waals surface area contributed by atoms with Crippen molar-refractivity contribution in [3.05, 3.63) is 135 Å². The molecule has 5 aromatic carbocycles. The van der Waals surface area contributed by atoms with Gasteiger partial charge in [-0.3, -0.25) is 18.5 Å². The lowest BCUT2D eigenvalue weighted by molar-refractivity contribution is 0.102. The predicted molar refractivity (Wildman–Crippen MR) is 250 cm³/mol. The van der Waals surface area contributed by atoms with Gasteiger partial charge in [0.15, 0.2) is 0 Å². The summed E-state index contributed by atoms with van der Waals surface area (Å²) in [5.74, 6) is -0.391. The molecule has 5 aromatic rings. The van der Waals surface area contributed by atoms with E-state index in [1.165, 1.54) is 59.0 Å². The molecular formula is C46H43N5O12S3. The zero-order valence-corrected chi connectivity index (χ0v) is 38.8. The van der Waals surface area contributed by atoms with E-state index in [9.17, 15) is 48.5 Å². The molecule has 0 radical (unpaired) electrons. The number of carbonyl (C=O) groups is 2. The van der Waals surface area contributed by atoms with E-state index in [1.807, 2.05) is 0 Å². The Morgan fingerprint density at radius 3 is 1.80 bits per heavy atom. The number of benzene rings is 6. The molecular weight excluding hydrogens is 911 g/mol. The molecule has 3 amide bonds. The summed E-state index contributed by atoms with van der Waals surface area (Å²) >= 11 is 0. The maximum atomic E-state index is 13.3. The van der Waals surface area contributed by atoms with Gasteiger partial charge >= 0.3 is 6.03 Å². The smallest absolute Gasteiger partial charge is 0.318 e. The normalized spacial score (nSPS) is 12.4. The molecule has 0 atom stereocenters. The molecule has 17 nitrogen and oxygen atoms in total. The second kappa shape index (κ2) is 17.5. The third-order valence-electron chi connectivity index (χ3n) is 11.2. The summed E-state index contributed by atoms with van der Waals surface area (Å²) in [5, 5.41) is 11.6. The summed E-state index contributed by atoms with van der Waals surface area (Å²) in [4.78, 5) is 29.3. The Hall–Kier alpha value is -6.94. The van der Waals surface area contributed by atoms with Gasteiger partial charge in [0, 0.05) is 58.2 Å². The highest BCUT2D eigenvalue weighted by Crippen LogP contribution is 2.45. The maximum absolute atomic E-state index is 13.3. The molecule has 0 unspecified atom stereocenters. The number of amides is 3. The van der Waals surface area contributed by atoms with Crippen molar-refractivity contribution in [2.75, 3.05) is 23.0 Å². The standard InChI is InChI=1S/C46H43N5O12S3/c1-23-39(25(3)43(65(57,58)59)27(5)41(23)50-45(52)29-13-9-8-10-14-29)48-30-17-19-32-35(21-30)63-36-22-31(18-20-33(36)38(32)34-15-11-12-16-37(34)64(54,55)56)49-40-24(2)42(51-46(53)47-7)28(6)44(26(40)4)66(60,61)62/h8-22,49H,1-7H3,(H,50,52)(H2,47,51,53)(H,54,55,56)(H,57,58,59)(H,60,61,62). The number of carbonyl (C=O) groups excluding carboxylic acids is 2. The molecule has 1 aliphatic carbocycles. The van der Waals surface area contributed by atoms with E-state index in [1.54, 1.807) is 80.6 Å². The van der Waals surface area contributed by atoms with Crippen LogP contribution in [0.3, 0.4) is 0 Å². The van der Waals surface area contributed by atoms with Crippen LogP contribution < -0.4 is 26.6 Å². The Labute approximate surface area is 380 Å². The summed E-state index contributed by atoms with van der Waals surface area (Å²) < 4.78 is 114. The lowest BCUT2D eigenvalue weighted by Crippen LogP contribution is -2.26. The number of nitrogens with zero attached hydrogens (tertiary/aromatic N) is 1. The SMILES string of the molecule is CNC(=O)Nc1c(C)c(Nc2ccc3c(-c4ccccc4S(=O)(=O)O)c4ccc(=Nc5c(C)c(NC(=O)c6ccccc6)c(C)c(S(=O)(=O)O)c5C)cc-4oc3c2)c(C)c(S(=O)(=O)O)c1C. The van der Waals surface area contributed by atoms with Crippen molar-refractivity contribution in [3.8, 4) is 22.5 Å². The van der Waals surface area contributed by atoms with Gasteiger partial charge < -0.3 is 25.7 Å². The van der Waals surface area contributed by atoms with E-state index in [0.717, 1.165) is 0 Å². The highest BCUT2D eigenvalue weighted by atomic mass is 32.2. The van der Waals surface area contributed by atoms with Crippen molar-refractivity contribution in [2.24, 2.45) is 4.99 Å². The van der Waals surface area contributed by atoms with Crippen LogP contribution in [0, 0.1) is 41.5 Å². The molecule has 2 aliphatic rings. The van der Waals surface area contributed by atoms with Gasteiger partial charge in [-0.2, -0.15) is 25.3 Å². The Morgan fingerprint density at radius 2 is 1.18 bits per heavy atom. The third-order valence-corrected chi connectivity index (χ3v) is 14.4. The van der Waals surface area contributed by atoms with Crippen molar-refractivity contribution < 1.29 is 52.9 Å². The minimum atomic E-state index is -4.85. The van der Waals surface area contributed by atoms with Gasteiger partial charge in [-0.1, -0.05) is 36.4 Å². The number of hydrogen-bond donors (Lipinski definition) is 7. The largest absolute Gasteiger partial charge is 0.456 e. The Kier molecular flexibility index (Phi) is 12.4.